The Labute approximate surface area is 71.8 Å². The summed E-state index contributed by atoms with van der Waals surface area (Å²) in [5, 5.41) is 9.30. The van der Waals surface area contributed by atoms with Crippen LogP contribution in [-0.4, -0.2) is 11.4 Å². The van der Waals surface area contributed by atoms with Gasteiger partial charge >= 0.3 is 0 Å². The second kappa shape index (κ2) is 3.90. The Morgan fingerprint density at radius 1 is 1.50 bits per heavy atom. The third-order valence-corrected chi connectivity index (χ3v) is 1.86. The van der Waals surface area contributed by atoms with E-state index in [0.717, 1.165) is 18.3 Å². The largest absolute Gasteiger partial charge is 0.508 e. The van der Waals surface area contributed by atoms with Crippen molar-refractivity contribution in [3.63, 3.8) is 0 Å². The first kappa shape index (κ1) is 8.78. The fraction of sp³-hybridized carbons (Fsp3) is 0.300. The highest BCUT2D eigenvalue weighted by atomic mass is 16.3. The van der Waals surface area contributed by atoms with Gasteiger partial charge in [0.1, 0.15) is 12.0 Å². The topological polar surface area (TPSA) is 37.3 Å². The maximum atomic E-state index is 10.2. The molecule has 0 heterocycles. The molecule has 0 amide bonds. The molecule has 1 rings (SSSR count). The van der Waals surface area contributed by atoms with Crippen molar-refractivity contribution in [3.8, 4) is 5.75 Å². The molecule has 0 saturated heterocycles. The number of phenolic OH excluding ortho intramolecular Hbond substituents is 1. The lowest BCUT2D eigenvalue weighted by Crippen LogP contribution is -1.89. The number of carbonyl (C=O) groups is 1. The summed E-state index contributed by atoms with van der Waals surface area (Å²) < 4.78 is 0. The zero-order valence-electron chi connectivity index (χ0n) is 7.08. The van der Waals surface area contributed by atoms with E-state index < -0.39 is 0 Å². The van der Waals surface area contributed by atoms with Crippen molar-refractivity contribution >= 4 is 6.29 Å². The smallest absolute Gasteiger partial charge is 0.124 e. The maximum absolute atomic E-state index is 10.2. The second-order valence-corrected chi connectivity index (χ2v) is 2.69. The summed E-state index contributed by atoms with van der Waals surface area (Å²) in [6.45, 7) is 2.04. The van der Waals surface area contributed by atoms with Crippen molar-refractivity contribution in [1.29, 1.82) is 0 Å². The van der Waals surface area contributed by atoms with Crippen molar-refractivity contribution in [2.24, 2.45) is 0 Å². The third-order valence-electron chi connectivity index (χ3n) is 1.86. The van der Waals surface area contributed by atoms with E-state index in [1.54, 1.807) is 6.07 Å². The van der Waals surface area contributed by atoms with E-state index in [4.69, 9.17) is 0 Å². The monoisotopic (exact) mass is 164 g/mol. The summed E-state index contributed by atoms with van der Waals surface area (Å²) in [5.41, 5.74) is 1.86. The lowest BCUT2D eigenvalue weighted by molar-refractivity contribution is -0.107. The van der Waals surface area contributed by atoms with Crippen molar-refractivity contribution in [2.75, 3.05) is 0 Å². The minimum Gasteiger partial charge on any atom is -0.508 e. The highest BCUT2D eigenvalue weighted by Crippen LogP contribution is 2.18. The minimum atomic E-state index is 0.208. The van der Waals surface area contributed by atoms with E-state index in [1.165, 1.54) is 0 Å². The molecule has 2 heteroatoms. The summed E-state index contributed by atoms with van der Waals surface area (Å²) in [6.07, 6.45) is 2.01. The van der Waals surface area contributed by atoms with Crippen LogP contribution in [-0.2, 0) is 17.6 Å². The van der Waals surface area contributed by atoms with E-state index in [0.29, 0.717) is 12.0 Å². The Kier molecular flexibility index (Phi) is 2.86. The molecule has 1 N–H and O–H groups in total. The number of phenols is 1. The van der Waals surface area contributed by atoms with Crippen LogP contribution in [0.4, 0.5) is 0 Å². The van der Waals surface area contributed by atoms with Crippen LogP contribution in [0.2, 0.25) is 0 Å². The van der Waals surface area contributed by atoms with Crippen molar-refractivity contribution in [2.45, 2.75) is 19.8 Å². The lowest BCUT2D eigenvalue weighted by atomic mass is 10.1. The predicted molar refractivity (Wildman–Crippen MR) is 47.3 cm³/mol. The van der Waals surface area contributed by atoms with Crippen molar-refractivity contribution < 1.29 is 9.90 Å². The van der Waals surface area contributed by atoms with Crippen molar-refractivity contribution in [1.82, 2.24) is 0 Å². The molecule has 0 bridgehead atoms. The number of aromatic hydroxyl groups is 1. The summed E-state index contributed by atoms with van der Waals surface area (Å²) in [7, 11) is 0. The van der Waals surface area contributed by atoms with Gasteiger partial charge < -0.3 is 9.90 Å². The van der Waals surface area contributed by atoms with E-state index in [2.05, 4.69) is 0 Å². The van der Waals surface area contributed by atoms with Gasteiger partial charge in [0.2, 0.25) is 0 Å². The van der Waals surface area contributed by atoms with E-state index in [9.17, 15) is 9.90 Å². The Morgan fingerprint density at radius 2 is 2.25 bits per heavy atom. The Hall–Kier alpha value is -1.31. The van der Waals surface area contributed by atoms with Gasteiger partial charge in [0.05, 0.1) is 0 Å². The Bertz CT molecular complexity index is 279. The highest BCUT2D eigenvalue weighted by Gasteiger charge is 2.00. The first-order chi connectivity index (χ1) is 5.77. The summed E-state index contributed by atoms with van der Waals surface area (Å²) >= 11 is 0. The van der Waals surface area contributed by atoms with Gasteiger partial charge in [-0.2, -0.15) is 0 Å². The molecular weight excluding hydrogens is 152 g/mol. The summed E-state index contributed by atoms with van der Waals surface area (Å²) in [4.78, 5) is 10.2. The summed E-state index contributed by atoms with van der Waals surface area (Å²) in [6, 6.07) is 5.37. The average molecular weight is 164 g/mol. The molecule has 1 aromatic rings. The maximum Gasteiger partial charge on any atom is 0.124 e. The van der Waals surface area contributed by atoms with Crippen LogP contribution in [0, 0.1) is 0 Å². The zero-order valence-corrected chi connectivity index (χ0v) is 7.08. The lowest BCUT2D eigenvalue weighted by Gasteiger charge is -2.02. The molecule has 0 fully saturated rings. The molecule has 0 aromatic heterocycles. The molecule has 0 atom stereocenters. The van der Waals surface area contributed by atoms with Gasteiger partial charge in [0.25, 0.3) is 0 Å². The molecule has 2 nitrogen and oxygen atoms in total. The first-order valence-corrected chi connectivity index (χ1v) is 4.02. The molecule has 0 radical (unpaired) electrons. The number of carbonyl (C=O) groups excluding carboxylic acids is 1. The molecule has 0 aliphatic rings. The number of aldehydes is 1. The van der Waals surface area contributed by atoms with Crippen LogP contribution in [0.25, 0.3) is 0 Å². The van der Waals surface area contributed by atoms with Gasteiger partial charge in [-0.05, 0) is 18.1 Å². The van der Waals surface area contributed by atoms with Gasteiger partial charge in [-0.3, -0.25) is 0 Å². The molecule has 0 unspecified atom stereocenters. The molecular formula is C10H12O2. The van der Waals surface area contributed by atoms with Crippen LogP contribution in [0.3, 0.4) is 0 Å². The first-order valence-electron chi connectivity index (χ1n) is 4.02. The average Bonchev–Trinajstić information content (AvgIpc) is 2.09. The molecule has 0 spiro atoms. The number of benzene rings is 1. The molecule has 12 heavy (non-hydrogen) atoms. The van der Waals surface area contributed by atoms with E-state index >= 15 is 0 Å². The number of rotatable bonds is 3. The standard InChI is InChI=1S/C10H12O2/c1-2-8-3-4-10(12)9(7-8)5-6-11/h3-4,6-7,12H,2,5H2,1H3. The summed E-state index contributed by atoms with van der Waals surface area (Å²) in [5.74, 6) is 0.208. The fourth-order valence-corrected chi connectivity index (χ4v) is 1.11. The van der Waals surface area contributed by atoms with E-state index in [-0.39, 0.29) is 5.75 Å². The van der Waals surface area contributed by atoms with Gasteiger partial charge in [0.15, 0.2) is 0 Å². The van der Waals surface area contributed by atoms with Crippen LogP contribution in [0.5, 0.6) is 5.75 Å². The highest BCUT2D eigenvalue weighted by molar-refractivity contribution is 5.57. The van der Waals surface area contributed by atoms with Crippen LogP contribution in [0.15, 0.2) is 18.2 Å². The SMILES string of the molecule is CCc1ccc(O)c(CC=O)c1. The quantitative estimate of drug-likeness (QED) is 0.690. The van der Waals surface area contributed by atoms with Gasteiger partial charge in [-0.25, -0.2) is 0 Å². The van der Waals surface area contributed by atoms with Gasteiger partial charge in [0, 0.05) is 12.0 Å². The molecule has 0 aliphatic carbocycles. The zero-order chi connectivity index (χ0) is 8.97. The van der Waals surface area contributed by atoms with E-state index in [1.807, 2.05) is 19.1 Å². The Morgan fingerprint density at radius 3 is 2.83 bits per heavy atom. The molecule has 0 saturated carbocycles. The number of aryl methyl sites for hydroxylation is 1. The predicted octanol–water partition coefficient (Wildman–Crippen LogP) is 1.70. The second-order valence-electron chi connectivity index (χ2n) is 2.69. The Balaban J connectivity index is 2.99. The normalized spacial score (nSPS) is 9.75. The van der Waals surface area contributed by atoms with Crippen molar-refractivity contribution in [3.05, 3.63) is 29.3 Å². The number of hydrogen-bond acceptors (Lipinski definition) is 2. The number of hydrogen-bond donors (Lipinski definition) is 1. The van der Waals surface area contributed by atoms with Gasteiger partial charge in [-0.1, -0.05) is 19.1 Å². The van der Waals surface area contributed by atoms with Gasteiger partial charge in [-0.15, -0.1) is 0 Å². The molecule has 1 aromatic carbocycles. The minimum absolute atomic E-state index is 0.208. The van der Waals surface area contributed by atoms with Crippen LogP contribution in [0.1, 0.15) is 18.1 Å². The van der Waals surface area contributed by atoms with Crippen LogP contribution < -0.4 is 0 Å². The molecule has 0 aliphatic heterocycles. The fourth-order valence-electron chi connectivity index (χ4n) is 1.11. The van der Waals surface area contributed by atoms with Crippen LogP contribution >= 0.6 is 0 Å². The molecule has 64 valence electrons. The third kappa shape index (κ3) is 1.84.